The average Bonchev–Trinajstić information content (AvgIpc) is 3.15. The number of amides is 1. The van der Waals surface area contributed by atoms with Crippen LogP contribution in [-0.2, 0) is 11.3 Å². The molecule has 1 amide bonds. The fourth-order valence-corrected chi connectivity index (χ4v) is 3.72. The lowest BCUT2D eigenvalue weighted by molar-refractivity contribution is -0.113. The maximum Gasteiger partial charge on any atom is 0.234 e. The molecule has 1 aromatic heterocycles. The fraction of sp³-hybridized carbons (Fsp3) is 0.200. The van der Waals surface area contributed by atoms with Crippen LogP contribution in [0.5, 0.6) is 5.75 Å². The minimum atomic E-state index is -0.231. The second kappa shape index (κ2) is 9.45. The monoisotopic (exact) mass is 427 g/mol. The Bertz CT molecular complexity index is 1080. The highest BCUT2D eigenvalue weighted by Crippen LogP contribution is 2.33. The van der Waals surface area contributed by atoms with Crippen molar-refractivity contribution >= 4 is 35.0 Å². The smallest absolute Gasteiger partial charge is 0.234 e. The van der Waals surface area contributed by atoms with Crippen LogP contribution < -0.4 is 10.1 Å². The quantitative estimate of drug-likeness (QED) is 0.567. The number of aromatic nitrogens is 3. The largest absolute Gasteiger partial charge is 0.496 e. The summed E-state index contributed by atoms with van der Waals surface area (Å²) in [5, 5.41) is 21.6. The Hall–Kier alpha value is -3.02. The number of para-hydroxylation sites is 1. The minimum absolute atomic E-state index is 0.130. The Morgan fingerprint density at radius 2 is 2.10 bits per heavy atom. The predicted octanol–water partition coefficient (Wildman–Crippen LogP) is 4.23. The molecule has 0 fully saturated rings. The Kier molecular flexibility index (Phi) is 6.75. The summed E-state index contributed by atoms with van der Waals surface area (Å²) in [6.45, 7) is 2.58. The number of ether oxygens (including phenoxy) is 1. The van der Waals surface area contributed by atoms with Crippen LogP contribution in [0.25, 0.3) is 11.4 Å². The number of hydrogen-bond acceptors (Lipinski definition) is 6. The molecule has 148 valence electrons. The van der Waals surface area contributed by atoms with Gasteiger partial charge in [-0.25, -0.2) is 0 Å². The van der Waals surface area contributed by atoms with Crippen LogP contribution in [0.2, 0.25) is 5.02 Å². The Morgan fingerprint density at radius 3 is 2.83 bits per heavy atom. The van der Waals surface area contributed by atoms with Crippen molar-refractivity contribution in [3.63, 3.8) is 0 Å². The third-order valence-electron chi connectivity index (χ3n) is 4.09. The number of thioether (sulfide) groups is 1. The molecule has 3 aromatic rings. The molecule has 0 unspecified atom stereocenters. The molecule has 2 aromatic carbocycles. The molecule has 0 aliphatic carbocycles. The van der Waals surface area contributed by atoms with Crippen molar-refractivity contribution in [2.75, 3.05) is 18.2 Å². The first kappa shape index (κ1) is 20.7. The summed E-state index contributed by atoms with van der Waals surface area (Å²) in [6, 6.07) is 14.2. The van der Waals surface area contributed by atoms with Crippen molar-refractivity contribution in [2.24, 2.45) is 0 Å². The second-order valence-electron chi connectivity index (χ2n) is 5.89. The molecular weight excluding hydrogens is 410 g/mol. The van der Waals surface area contributed by atoms with Crippen LogP contribution in [0.4, 0.5) is 5.69 Å². The van der Waals surface area contributed by atoms with Crippen LogP contribution in [0, 0.1) is 11.3 Å². The summed E-state index contributed by atoms with van der Waals surface area (Å²) in [5.74, 6) is 1.15. The highest BCUT2D eigenvalue weighted by molar-refractivity contribution is 7.99. The van der Waals surface area contributed by atoms with Gasteiger partial charge in [0.05, 0.1) is 29.7 Å². The van der Waals surface area contributed by atoms with E-state index in [9.17, 15) is 4.79 Å². The molecule has 0 bridgehead atoms. The molecule has 29 heavy (non-hydrogen) atoms. The van der Waals surface area contributed by atoms with E-state index in [0.717, 1.165) is 5.56 Å². The van der Waals surface area contributed by atoms with Crippen molar-refractivity contribution < 1.29 is 9.53 Å². The van der Waals surface area contributed by atoms with Crippen LogP contribution in [0.3, 0.4) is 0 Å². The number of nitrogens with one attached hydrogen (secondary N) is 1. The highest BCUT2D eigenvalue weighted by atomic mass is 35.5. The van der Waals surface area contributed by atoms with Gasteiger partial charge in [-0.2, -0.15) is 5.26 Å². The first-order valence-electron chi connectivity index (χ1n) is 8.76. The molecule has 7 nitrogen and oxygen atoms in total. The van der Waals surface area contributed by atoms with E-state index >= 15 is 0 Å². The van der Waals surface area contributed by atoms with E-state index in [-0.39, 0.29) is 11.7 Å². The number of nitrogens with zero attached hydrogens (tertiary/aromatic N) is 4. The van der Waals surface area contributed by atoms with E-state index in [2.05, 4.69) is 21.6 Å². The summed E-state index contributed by atoms with van der Waals surface area (Å²) < 4.78 is 7.31. The maximum absolute atomic E-state index is 12.3. The molecule has 0 spiro atoms. The third kappa shape index (κ3) is 4.70. The van der Waals surface area contributed by atoms with Crippen LogP contribution in [-0.4, -0.2) is 33.5 Å². The van der Waals surface area contributed by atoms with Crippen molar-refractivity contribution in [1.29, 1.82) is 5.26 Å². The summed E-state index contributed by atoms with van der Waals surface area (Å²) >= 11 is 7.40. The van der Waals surface area contributed by atoms with Gasteiger partial charge in [-0.15, -0.1) is 10.2 Å². The molecule has 0 aliphatic rings. The molecule has 1 N–H and O–H groups in total. The number of carbonyl (C=O) groups excluding carboxylic acids is 1. The molecule has 0 radical (unpaired) electrons. The van der Waals surface area contributed by atoms with E-state index < -0.39 is 0 Å². The fourth-order valence-electron chi connectivity index (χ4n) is 2.74. The van der Waals surface area contributed by atoms with Crippen molar-refractivity contribution in [2.45, 2.75) is 18.6 Å². The first-order chi connectivity index (χ1) is 14.1. The van der Waals surface area contributed by atoms with E-state index in [1.807, 2.05) is 11.5 Å². The SMILES string of the molecule is CCn1c(SCC(=O)Nc2ccccc2C#N)nnc1-c1cc(Cl)ccc1OC. The van der Waals surface area contributed by atoms with Gasteiger partial charge in [0.1, 0.15) is 11.8 Å². The second-order valence-corrected chi connectivity index (χ2v) is 7.27. The average molecular weight is 428 g/mol. The number of benzene rings is 2. The standard InChI is InChI=1S/C20H18ClN5O2S/c1-3-26-19(15-10-14(21)8-9-17(15)28-2)24-25-20(26)29-12-18(27)23-16-7-5-4-6-13(16)11-22/h4-10H,3,12H2,1-2H3,(H,23,27). The number of methoxy groups -OCH3 is 1. The van der Waals surface area contributed by atoms with Gasteiger partial charge in [0, 0.05) is 11.6 Å². The van der Waals surface area contributed by atoms with Gasteiger partial charge in [-0.3, -0.25) is 4.79 Å². The zero-order valence-electron chi connectivity index (χ0n) is 15.8. The first-order valence-corrected chi connectivity index (χ1v) is 10.1. The lowest BCUT2D eigenvalue weighted by atomic mass is 10.2. The van der Waals surface area contributed by atoms with Gasteiger partial charge in [0.25, 0.3) is 0 Å². The zero-order chi connectivity index (χ0) is 20.8. The van der Waals surface area contributed by atoms with Gasteiger partial charge in [-0.05, 0) is 37.3 Å². The van der Waals surface area contributed by atoms with Gasteiger partial charge in [0.15, 0.2) is 11.0 Å². The van der Waals surface area contributed by atoms with Crippen molar-refractivity contribution in [3.8, 4) is 23.2 Å². The lowest BCUT2D eigenvalue weighted by Crippen LogP contribution is -2.15. The van der Waals surface area contributed by atoms with Gasteiger partial charge in [0.2, 0.25) is 5.91 Å². The summed E-state index contributed by atoms with van der Waals surface area (Å²) in [5.41, 5.74) is 1.63. The molecular formula is C20H18ClN5O2S. The van der Waals surface area contributed by atoms with Crippen LogP contribution in [0.15, 0.2) is 47.6 Å². The Balaban J connectivity index is 1.77. The minimum Gasteiger partial charge on any atom is -0.496 e. The molecule has 0 saturated carbocycles. The summed E-state index contributed by atoms with van der Waals surface area (Å²) in [7, 11) is 1.58. The number of carbonyl (C=O) groups is 1. The molecule has 3 rings (SSSR count). The van der Waals surface area contributed by atoms with Gasteiger partial charge >= 0.3 is 0 Å². The van der Waals surface area contributed by atoms with Crippen molar-refractivity contribution in [3.05, 3.63) is 53.1 Å². The van der Waals surface area contributed by atoms with Gasteiger partial charge in [-0.1, -0.05) is 35.5 Å². The summed E-state index contributed by atoms with van der Waals surface area (Å²) in [4.78, 5) is 12.3. The predicted molar refractivity (Wildman–Crippen MR) is 113 cm³/mol. The van der Waals surface area contributed by atoms with E-state index in [1.165, 1.54) is 11.8 Å². The summed E-state index contributed by atoms with van der Waals surface area (Å²) in [6.07, 6.45) is 0. The van der Waals surface area contributed by atoms with E-state index in [0.29, 0.717) is 39.5 Å². The maximum atomic E-state index is 12.3. The topological polar surface area (TPSA) is 92.8 Å². The third-order valence-corrected chi connectivity index (χ3v) is 5.29. The Labute approximate surface area is 177 Å². The Morgan fingerprint density at radius 1 is 1.31 bits per heavy atom. The molecule has 0 aliphatic heterocycles. The number of hydrogen-bond donors (Lipinski definition) is 1. The van der Waals surface area contributed by atoms with Crippen molar-refractivity contribution in [1.82, 2.24) is 14.8 Å². The highest BCUT2D eigenvalue weighted by Gasteiger charge is 2.18. The molecule has 1 heterocycles. The van der Waals surface area contributed by atoms with Crippen LogP contribution >= 0.6 is 23.4 Å². The number of anilines is 1. The number of nitriles is 1. The molecule has 0 atom stereocenters. The van der Waals surface area contributed by atoms with Crippen LogP contribution in [0.1, 0.15) is 12.5 Å². The van der Waals surface area contributed by atoms with E-state index in [4.69, 9.17) is 21.6 Å². The molecule has 9 heteroatoms. The van der Waals surface area contributed by atoms with E-state index in [1.54, 1.807) is 49.6 Å². The lowest BCUT2D eigenvalue weighted by Gasteiger charge is -2.11. The van der Waals surface area contributed by atoms with Gasteiger partial charge < -0.3 is 14.6 Å². The number of halogens is 1. The molecule has 0 saturated heterocycles. The zero-order valence-corrected chi connectivity index (χ0v) is 17.4. The number of rotatable bonds is 7. The normalized spacial score (nSPS) is 10.4.